The lowest BCUT2D eigenvalue weighted by Gasteiger charge is -2.30. The summed E-state index contributed by atoms with van der Waals surface area (Å²) in [5.74, 6) is 3.20. The van der Waals surface area contributed by atoms with Crippen LogP contribution < -0.4 is 9.80 Å². The van der Waals surface area contributed by atoms with Gasteiger partial charge in [-0.15, -0.1) is 0 Å². The van der Waals surface area contributed by atoms with E-state index in [2.05, 4.69) is 19.9 Å². The molecule has 4 heterocycles. The zero-order valence-electron chi connectivity index (χ0n) is 14.6. The normalized spacial score (nSPS) is 10.4. The maximum absolute atomic E-state index is 4.51. The third-order valence-corrected chi connectivity index (χ3v) is 3.99. The summed E-state index contributed by atoms with van der Waals surface area (Å²) in [4.78, 5) is 22.1. The summed E-state index contributed by atoms with van der Waals surface area (Å²) in [6.07, 6.45) is 7.10. The van der Waals surface area contributed by atoms with Crippen LogP contribution in [0.25, 0.3) is 0 Å². The third kappa shape index (κ3) is 3.90. The van der Waals surface area contributed by atoms with Crippen molar-refractivity contribution in [1.82, 2.24) is 19.9 Å². The number of hydrogen-bond acceptors (Lipinski definition) is 6. The van der Waals surface area contributed by atoms with Gasteiger partial charge in [-0.1, -0.05) is 24.3 Å². The van der Waals surface area contributed by atoms with Gasteiger partial charge in [-0.3, -0.25) is 9.80 Å². The van der Waals surface area contributed by atoms with Crippen molar-refractivity contribution in [3.05, 3.63) is 97.6 Å². The lowest BCUT2D eigenvalue weighted by Crippen LogP contribution is -2.34. The van der Waals surface area contributed by atoms with Crippen LogP contribution in [0.15, 0.2) is 97.6 Å². The Balaban J connectivity index is 1.77. The molecule has 0 spiro atoms. The number of pyridine rings is 4. The van der Waals surface area contributed by atoms with Gasteiger partial charge in [0, 0.05) is 24.8 Å². The Hall–Kier alpha value is -3.80. The zero-order chi connectivity index (χ0) is 18.3. The second-order valence-electron chi connectivity index (χ2n) is 5.75. The Labute approximate surface area is 157 Å². The quantitative estimate of drug-likeness (QED) is 0.484. The van der Waals surface area contributed by atoms with Gasteiger partial charge in [0.15, 0.2) is 0 Å². The molecule has 0 aliphatic carbocycles. The van der Waals surface area contributed by atoms with Crippen molar-refractivity contribution in [1.29, 1.82) is 0 Å². The molecule has 0 fully saturated rings. The SMILES string of the molecule is c1ccc(N(CN(c2ccccn2)c2ccccn2)c2ccccn2)nc1. The van der Waals surface area contributed by atoms with Gasteiger partial charge in [-0.25, -0.2) is 19.9 Å². The summed E-state index contributed by atoms with van der Waals surface area (Å²) >= 11 is 0. The van der Waals surface area contributed by atoms with Gasteiger partial charge >= 0.3 is 0 Å². The summed E-state index contributed by atoms with van der Waals surface area (Å²) in [6, 6.07) is 23.3. The Bertz CT molecular complexity index is 789. The van der Waals surface area contributed by atoms with Crippen LogP contribution >= 0.6 is 0 Å². The molecule has 0 atom stereocenters. The number of rotatable bonds is 6. The van der Waals surface area contributed by atoms with Crippen molar-refractivity contribution >= 4 is 23.3 Å². The van der Waals surface area contributed by atoms with Crippen molar-refractivity contribution in [2.75, 3.05) is 16.5 Å². The van der Waals surface area contributed by atoms with Gasteiger partial charge in [-0.2, -0.15) is 0 Å². The number of hydrogen-bond donors (Lipinski definition) is 0. The highest BCUT2D eigenvalue weighted by molar-refractivity contribution is 5.62. The molecule has 0 radical (unpaired) electrons. The Morgan fingerprint density at radius 3 is 0.963 bits per heavy atom. The first-order chi connectivity index (χ1) is 13.4. The second kappa shape index (κ2) is 8.05. The average molecular weight is 354 g/mol. The van der Waals surface area contributed by atoms with Crippen molar-refractivity contribution in [3.8, 4) is 0 Å². The Morgan fingerprint density at radius 2 is 0.741 bits per heavy atom. The molecule has 0 N–H and O–H groups in total. The first-order valence-electron chi connectivity index (χ1n) is 8.61. The van der Waals surface area contributed by atoms with Crippen molar-refractivity contribution < 1.29 is 0 Å². The molecule has 6 nitrogen and oxygen atoms in total. The predicted octanol–water partition coefficient (Wildman–Crippen LogP) is 4.20. The van der Waals surface area contributed by atoms with Gasteiger partial charge in [0.25, 0.3) is 0 Å². The number of anilines is 4. The monoisotopic (exact) mass is 354 g/mol. The summed E-state index contributed by atoms with van der Waals surface area (Å²) < 4.78 is 0. The van der Waals surface area contributed by atoms with E-state index in [0.717, 1.165) is 23.3 Å². The molecule has 27 heavy (non-hydrogen) atoms. The standard InChI is InChI=1S/C21H18N6/c1-5-13-22-18(9-1)26(19-10-2-6-14-23-19)17-27(20-11-3-7-15-24-20)21-12-4-8-16-25-21/h1-16H,17H2. The molecular formula is C21H18N6. The van der Waals surface area contributed by atoms with Crippen LogP contribution in [0.5, 0.6) is 0 Å². The molecule has 0 unspecified atom stereocenters. The van der Waals surface area contributed by atoms with Gasteiger partial charge in [0.05, 0.1) is 0 Å². The molecule has 0 aliphatic rings. The first-order valence-corrected chi connectivity index (χ1v) is 8.61. The second-order valence-corrected chi connectivity index (χ2v) is 5.75. The number of nitrogens with zero attached hydrogens (tertiary/aromatic N) is 6. The van der Waals surface area contributed by atoms with Crippen molar-refractivity contribution in [2.24, 2.45) is 0 Å². The molecule has 6 heteroatoms. The molecule has 4 aromatic rings. The van der Waals surface area contributed by atoms with E-state index in [4.69, 9.17) is 0 Å². The van der Waals surface area contributed by atoms with E-state index in [9.17, 15) is 0 Å². The molecule has 4 aromatic heterocycles. The van der Waals surface area contributed by atoms with Crippen molar-refractivity contribution in [3.63, 3.8) is 0 Å². The molecule has 4 rings (SSSR count). The van der Waals surface area contributed by atoms with Gasteiger partial charge in [0.2, 0.25) is 0 Å². The minimum absolute atomic E-state index is 0.460. The first kappa shape index (κ1) is 16.7. The fourth-order valence-corrected chi connectivity index (χ4v) is 2.72. The molecule has 0 saturated heterocycles. The van der Waals surface area contributed by atoms with Crippen LogP contribution in [-0.2, 0) is 0 Å². The van der Waals surface area contributed by atoms with Crippen LogP contribution in [0.1, 0.15) is 0 Å². The highest BCUT2D eigenvalue weighted by Crippen LogP contribution is 2.26. The van der Waals surface area contributed by atoms with E-state index in [1.807, 2.05) is 82.6 Å². The number of aromatic nitrogens is 4. The van der Waals surface area contributed by atoms with Crippen LogP contribution in [0.2, 0.25) is 0 Å². The van der Waals surface area contributed by atoms with E-state index in [0.29, 0.717) is 6.67 Å². The highest BCUT2D eigenvalue weighted by Gasteiger charge is 2.19. The van der Waals surface area contributed by atoms with Crippen molar-refractivity contribution in [2.45, 2.75) is 0 Å². The van der Waals surface area contributed by atoms with Crippen LogP contribution in [0, 0.1) is 0 Å². The molecule has 0 amide bonds. The Morgan fingerprint density at radius 1 is 0.444 bits per heavy atom. The molecule has 0 bridgehead atoms. The zero-order valence-corrected chi connectivity index (χ0v) is 14.6. The van der Waals surface area contributed by atoms with E-state index >= 15 is 0 Å². The van der Waals surface area contributed by atoms with Gasteiger partial charge in [0.1, 0.15) is 29.9 Å². The maximum Gasteiger partial charge on any atom is 0.135 e. The maximum atomic E-state index is 4.51. The largest absolute Gasteiger partial charge is 0.292 e. The van der Waals surface area contributed by atoms with E-state index in [1.54, 1.807) is 24.8 Å². The molecule has 0 aromatic carbocycles. The van der Waals surface area contributed by atoms with E-state index in [-0.39, 0.29) is 0 Å². The van der Waals surface area contributed by atoms with E-state index in [1.165, 1.54) is 0 Å². The van der Waals surface area contributed by atoms with Gasteiger partial charge < -0.3 is 0 Å². The Kier molecular flexibility index (Phi) is 4.97. The van der Waals surface area contributed by atoms with Crippen LogP contribution in [-0.4, -0.2) is 26.6 Å². The highest BCUT2D eigenvalue weighted by atomic mass is 15.4. The minimum atomic E-state index is 0.460. The van der Waals surface area contributed by atoms with Gasteiger partial charge in [-0.05, 0) is 48.5 Å². The minimum Gasteiger partial charge on any atom is -0.292 e. The smallest absolute Gasteiger partial charge is 0.135 e. The lowest BCUT2D eigenvalue weighted by atomic mass is 10.3. The molecule has 0 saturated carbocycles. The summed E-state index contributed by atoms with van der Waals surface area (Å²) in [5.41, 5.74) is 0. The lowest BCUT2D eigenvalue weighted by molar-refractivity contribution is 0.865. The summed E-state index contributed by atoms with van der Waals surface area (Å²) in [7, 11) is 0. The predicted molar refractivity (Wildman–Crippen MR) is 106 cm³/mol. The van der Waals surface area contributed by atoms with Crippen LogP contribution in [0.3, 0.4) is 0 Å². The average Bonchev–Trinajstić information content (AvgIpc) is 2.77. The summed E-state index contributed by atoms with van der Waals surface area (Å²) in [6.45, 7) is 0.460. The fraction of sp³-hybridized carbons (Fsp3) is 0.0476. The van der Waals surface area contributed by atoms with E-state index < -0.39 is 0 Å². The molecular weight excluding hydrogens is 336 g/mol. The fourth-order valence-electron chi connectivity index (χ4n) is 2.72. The topological polar surface area (TPSA) is 58.0 Å². The molecule has 0 aliphatic heterocycles. The van der Waals surface area contributed by atoms with Crippen LogP contribution in [0.4, 0.5) is 23.3 Å². The third-order valence-electron chi connectivity index (χ3n) is 3.99. The summed E-state index contributed by atoms with van der Waals surface area (Å²) in [5, 5.41) is 0. The molecule has 132 valence electrons.